The van der Waals surface area contributed by atoms with E-state index in [0.29, 0.717) is 32.5 Å². The number of carbonyl (C=O) groups excluding carboxylic acids is 3. The Kier molecular flexibility index (Phi) is 8.43. The van der Waals surface area contributed by atoms with Crippen molar-refractivity contribution in [1.82, 2.24) is 25.1 Å². The number of phenols is 1. The predicted molar refractivity (Wildman–Crippen MR) is 164 cm³/mol. The molecule has 0 bridgehead atoms. The number of hydrogen-bond acceptors (Lipinski definition) is 6. The van der Waals surface area contributed by atoms with Crippen molar-refractivity contribution >= 4 is 17.8 Å². The molecule has 0 spiro atoms. The van der Waals surface area contributed by atoms with Crippen LogP contribution in [0.25, 0.3) is 0 Å². The van der Waals surface area contributed by atoms with Crippen molar-refractivity contribution < 1.29 is 24.2 Å². The van der Waals surface area contributed by atoms with Gasteiger partial charge in [-0.2, -0.15) is 5.01 Å². The van der Waals surface area contributed by atoms with Gasteiger partial charge in [0.15, 0.2) is 0 Å². The monoisotopic (exact) mass is 597 g/mol. The number of urea groups is 1. The molecule has 0 saturated carbocycles. The number of amides is 4. The first-order valence-electron chi connectivity index (χ1n) is 15.3. The minimum atomic E-state index is -0.761. The van der Waals surface area contributed by atoms with Crippen molar-refractivity contribution in [2.75, 3.05) is 19.6 Å². The lowest BCUT2D eigenvalue weighted by molar-refractivity contribution is -0.157. The number of ether oxygens (including phenoxy) is 1. The topological polar surface area (TPSA) is 106 Å². The lowest BCUT2D eigenvalue weighted by Crippen LogP contribution is -2.66. The molecule has 0 aromatic heterocycles. The first kappa shape index (κ1) is 29.5. The molecule has 230 valence electrons. The van der Waals surface area contributed by atoms with Crippen LogP contribution in [0.1, 0.15) is 42.5 Å². The van der Waals surface area contributed by atoms with E-state index in [1.165, 1.54) is 0 Å². The third-order valence-electron chi connectivity index (χ3n) is 8.56. The van der Waals surface area contributed by atoms with E-state index in [1.54, 1.807) is 39.1 Å². The Balaban J connectivity index is 1.30. The van der Waals surface area contributed by atoms with Crippen LogP contribution in [0.15, 0.2) is 72.8 Å². The van der Waals surface area contributed by atoms with Crippen LogP contribution in [0.2, 0.25) is 0 Å². The van der Waals surface area contributed by atoms with Crippen molar-refractivity contribution in [2.24, 2.45) is 0 Å². The van der Waals surface area contributed by atoms with Gasteiger partial charge >= 0.3 is 6.03 Å². The fraction of sp³-hybridized carbons (Fsp3) is 0.382. The van der Waals surface area contributed by atoms with Gasteiger partial charge in [0, 0.05) is 38.0 Å². The van der Waals surface area contributed by atoms with E-state index in [0.717, 1.165) is 34.4 Å². The number of piperazine rings is 1. The third kappa shape index (κ3) is 5.94. The van der Waals surface area contributed by atoms with E-state index in [2.05, 4.69) is 11.4 Å². The Bertz CT molecular complexity index is 1510. The second-order valence-corrected chi connectivity index (χ2v) is 11.8. The molecule has 4 amide bonds. The van der Waals surface area contributed by atoms with Crippen LogP contribution >= 0.6 is 0 Å². The maximum absolute atomic E-state index is 14.2. The standard InChI is InChI=1S/C34H39N5O5/c1-3-16-37(34(43)35-19-25-8-5-4-6-9-25)38-22-31(41)39-29(18-24-12-14-28(40)15-13-24)33(42)36(21-30(38)39)20-27-11-7-10-26-17-23(2)44-32(26)27/h4-15,23,29-30,40H,3,16-22H2,1-2H3,(H,35,43)/t23?,29-,30+/m0/s1. The third-order valence-corrected chi connectivity index (χ3v) is 8.56. The van der Waals surface area contributed by atoms with E-state index in [9.17, 15) is 19.5 Å². The van der Waals surface area contributed by atoms with Crippen LogP contribution in [0.4, 0.5) is 4.79 Å². The normalized spacial score (nSPS) is 21.2. The largest absolute Gasteiger partial charge is 0.508 e. The molecule has 2 fully saturated rings. The Morgan fingerprint density at radius 2 is 1.80 bits per heavy atom. The van der Waals surface area contributed by atoms with E-state index < -0.39 is 12.2 Å². The molecular formula is C34H39N5O5. The highest BCUT2D eigenvalue weighted by Gasteiger charge is 2.52. The summed E-state index contributed by atoms with van der Waals surface area (Å²) in [6.07, 6.45) is 1.36. The van der Waals surface area contributed by atoms with Gasteiger partial charge in [0.05, 0.1) is 13.1 Å². The van der Waals surface area contributed by atoms with Gasteiger partial charge < -0.3 is 25.0 Å². The Hall–Kier alpha value is -4.57. The molecule has 6 rings (SSSR count). The minimum Gasteiger partial charge on any atom is -0.508 e. The van der Waals surface area contributed by atoms with E-state index in [-0.39, 0.29) is 42.8 Å². The lowest BCUT2D eigenvalue weighted by atomic mass is 9.99. The second-order valence-electron chi connectivity index (χ2n) is 11.8. The fourth-order valence-electron chi connectivity index (χ4n) is 6.50. The smallest absolute Gasteiger partial charge is 0.332 e. The molecule has 3 atom stereocenters. The summed E-state index contributed by atoms with van der Waals surface area (Å²) in [5, 5.41) is 16.3. The number of benzene rings is 3. The van der Waals surface area contributed by atoms with Crippen LogP contribution in [0.5, 0.6) is 11.5 Å². The number of hydrogen-bond donors (Lipinski definition) is 2. The summed E-state index contributed by atoms with van der Waals surface area (Å²) in [5.74, 6) is 0.623. The molecule has 3 aliphatic heterocycles. The Morgan fingerprint density at radius 1 is 1.02 bits per heavy atom. The molecule has 2 saturated heterocycles. The first-order chi connectivity index (χ1) is 21.3. The predicted octanol–water partition coefficient (Wildman–Crippen LogP) is 3.68. The summed E-state index contributed by atoms with van der Waals surface area (Å²) < 4.78 is 6.14. The first-order valence-corrected chi connectivity index (χ1v) is 15.3. The molecule has 3 aromatic carbocycles. The molecule has 2 N–H and O–H groups in total. The number of phenolic OH excluding ortho intramolecular Hbond substituents is 1. The zero-order valence-corrected chi connectivity index (χ0v) is 25.2. The molecule has 3 heterocycles. The summed E-state index contributed by atoms with van der Waals surface area (Å²) >= 11 is 0. The quantitative estimate of drug-likeness (QED) is 0.390. The van der Waals surface area contributed by atoms with Gasteiger partial charge in [0.1, 0.15) is 29.8 Å². The maximum Gasteiger partial charge on any atom is 0.332 e. The molecular weight excluding hydrogens is 558 g/mol. The van der Waals surface area contributed by atoms with E-state index in [4.69, 9.17) is 4.74 Å². The van der Waals surface area contributed by atoms with Gasteiger partial charge in [-0.05, 0) is 42.2 Å². The van der Waals surface area contributed by atoms with Crippen molar-refractivity contribution in [3.05, 3.63) is 95.1 Å². The summed E-state index contributed by atoms with van der Waals surface area (Å²) in [7, 11) is 0. The highest BCUT2D eigenvalue weighted by Crippen LogP contribution is 2.35. The Labute approximate surface area is 257 Å². The summed E-state index contributed by atoms with van der Waals surface area (Å²) in [4.78, 5) is 44.9. The van der Waals surface area contributed by atoms with Crippen molar-refractivity contribution in [3.63, 3.8) is 0 Å². The highest BCUT2D eigenvalue weighted by atomic mass is 16.5. The number of rotatable bonds is 9. The molecule has 0 aliphatic carbocycles. The fourth-order valence-corrected chi connectivity index (χ4v) is 6.50. The van der Waals surface area contributed by atoms with Crippen molar-refractivity contribution in [2.45, 2.75) is 64.5 Å². The molecule has 3 aromatic rings. The van der Waals surface area contributed by atoms with Gasteiger partial charge in [-0.25, -0.2) is 4.79 Å². The van der Waals surface area contributed by atoms with E-state index >= 15 is 0 Å². The van der Waals surface area contributed by atoms with Crippen molar-refractivity contribution in [1.29, 1.82) is 0 Å². The lowest BCUT2D eigenvalue weighted by Gasteiger charge is -2.46. The number of nitrogens with zero attached hydrogens (tertiary/aromatic N) is 4. The number of carbonyl (C=O) groups is 3. The van der Waals surface area contributed by atoms with Gasteiger partial charge in [0.2, 0.25) is 11.8 Å². The zero-order chi connectivity index (χ0) is 30.8. The molecule has 10 heteroatoms. The van der Waals surface area contributed by atoms with Crippen molar-refractivity contribution in [3.8, 4) is 11.5 Å². The van der Waals surface area contributed by atoms with Gasteiger partial charge in [0.25, 0.3) is 0 Å². The highest BCUT2D eigenvalue weighted by molar-refractivity contribution is 5.92. The molecule has 10 nitrogen and oxygen atoms in total. The van der Waals surface area contributed by atoms with Gasteiger partial charge in [-0.1, -0.05) is 67.6 Å². The van der Waals surface area contributed by atoms with Gasteiger partial charge in [-0.3, -0.25) is 14.6 Å². The van der Waals surface area contributed by atoms with Gasteiger partial charge in [-0.15, -0.1) is 0 Å². The minimum absolute atomic E-state index is 0.00200. The molecule has 0 radical (unpaired) electrons. The van der Waals surface area contributed by atoms with Crippen LogP contribution in [0, 0.1) is 0 Å². The number of fused-ring (bicyclic) bond motifs is 2. The molecule has 1 unspecified atom stereocenters. The number of para-hydroxylation sites is 1. The Morgan fingerprint density at radius 3 is 2.55 bits per heavy atom. The SMILES string of the molecule is CCCN(C(=O)NCc1ccccc1)N1CC(=O)N2[C@@H](Cc3ccc(O)cc3)C(=O)N(Cc3cccc4c3OC(C)C4)C[C@@H]21. The zero-order valence-electron chi connectivity index (χ0n) is 25.2. The van der Waals surface area contributed by atoms with Crippen LogP contribution < -0.4 is 10.1 Å². The molecule has 3 aliphatic rings. The average Bonchev–Trinajstić information content (AvgIpc) is 3.57. The maximum atomic E-state index is 14.2. The van der Waals surface area contributed by atoms with Crippen LogP contribution in [-0.4, -0.2) is 80.7 Å². The summed E-state index contributed by atoms with van der Waals surface area (Å²) in [6, 6.07) is 21.4. The van der Waals surface area contributed by atoms with Crippen LogP contribution in [-0.2, 0) is 35.5 Å². The number of nitrogens with one attached hydrogen (secondary N) is 1. The second kappa shape index (κ2) is 12.6. The van der Waals surface area contributed by atoms with E-state index in [1.807, 2.05) is 61.3 Å². The average molecular weight is 598 g/mol. The van der Waals surface area contributed by atoms with Crippen LogP contribution in [0.3, 0.4) is 0 Å². The number of aromatic hydroxyl groups is 1. The summed E-state index contributed by atoms with van der Waals surface area (Å²) in [6.45, 7) is 5.40. The number of hydrazine groups is 1. The molecule has 44 heavy (non-hydrogen) atoms. The summed E-state index contributed by atoms with van der Waals surface area (Å²) in [5.41, 5.74) is 3.87.